The average Bonchev–Trinajstić information content (AvgIpc) is 3.11. The topological polar surface area (TPSA) is 80.9 Å². The summed E-state index contributed by atoms with van der Waals surface area (Å²) in [5.41, 5.74) is 2.25. The maximum absolute atomic E-state index is 11.9. The normalized spacial score (nSPS) is 14.2. The minimum Gasteiger partial charge on any atom is -0.421 e. The summed E-state index contributed by atoms with van der Waals surface area (Å²) >= 11 is 0. The summed E-state index contributed by atoms with van der Waals surface area (Å²) in [6, 6.07) is 3.67. The molecule has 0 spiro atoms. The summed E-state index contributed by atoms with van der Waals surface area (Å²) in [5.74, 6) is 0.925. The Morgan fingerprint density at radius 2 is 2.21 bits per heavy atom. The number of rotatable bonds is 7. The first-order valence-corrected chi connectivity index (χ1v) is 8.48. The molecule has 0 bridgehead atoms. The molecule has 6 heteroatoms. The van der Waals surface area contributed by atoms with Crippen molar-refractivity contribution in [3.05, 3.63) is 42.1 Å². The Labute approximate surface area is 141 Å². The summed E-state index contributed by atoms with van der Waals surface area (Å²) in [6.45, 7) is 0.704. The highest BCUT2D eigenvalue weighted by Gasteiger charge is 2.11. The molecule has 1 aliphatic carbocycles. The molecule has 0 aromatic carbocycles. The number of hydrogen-bond acceptors (Lipinski definition) is 5. The third kappa shape index (κ3) is 4.75. The zero-order chi connectivity index (χ0) is 16.6. The van der Waals surface area contributed by atoms with Gasteiger partial charge in [-0.05, 0) is 44.2 Å². The fourth-order valence-electron chi connectivity index (χ4n) is 2.76. The zero-order valence-electron chi connectivity index (χ0n) is 13.7. The van der Waals surface area contributed by atoms with Gasteiger partial charge < -0.3 is 9.73 Å². The SMILES string of the molecule is O=C(CCc1nnc(-c2cccnc2)o1)NCCC1=CCCCC1. The number of aromatic nitrogens is 3. The van der Waals surface area contributed by atoms with E-state index in [1.807, 2.05) is 12.1 Å². The third-order valence-electron chi connectivity index (χ3n) is 4.09. The van der Waals surface area contributed by atoms with Crippen molar-refractivity contribution in [3.8, 4) is 11.5 Å². The lowest BCUT2D eigenvalue weighted by Gasteiger charge is -2.12. The van der Waals surface area contributed by atoms with Crippen LogP contribution in [0.2, 0.25) is 0 Å². The highest BCUT2D eigenvalue weighted by Crippen LogP contribution is 2.19. The maximum Gasteiger partial charge on any atom is 0.249 e. The van der Waals surface area contributed by atoms with Crippen LogP contribution in [0, 0.1) is 0 Å². The molecule has 0 atom stereocenters. The molecule has 0 unspecified atom stereocenters. The lowest BCUT2D eigenvalue weighted by atomic mass is 9.97. The van der Waals surface area contributed by atoms with Gasteiger partial charge in [-0.2, -0.15) is 0 Å². The predicted octanol–water partition coefficient (Wildman–Crippen LogP) is 3.07. The molecule has 3 rings (SSSR count). The number of carbonyl (C=O) groups excluding carboxylic acids is 1. The standard InChI is InChI=1S/C18H22N4O2/c23-16(20-12-10-14-5-2-1-3-6-14)8-9-17-21-22-18(24-17)15-7-4-11-19-13-15/h4-5,7,11,13H,1-3,6,8-10,12H2,(H,20,23). The van der Waals surface area contributed by atoms with E-state index in [1.54, 1.807) is 12.4 Å². The highest BCUT2D eigenvalue weighted by molar-refractivity contribution is 5.76. The fourth-order valence-corrected chi connectivity index (χ4v) is 2.76. The van der Waals surface area contributed by atoms with Gasteiger partial charge in [0.2, 0.25) is 17.7 Å². The summed E-state index contributed by atoms with van der Waals surface area (Å²) in [5, 5.41) is 10.9. The van der Waals surface area contributed by atoms with Gasteiger partial charge in [0.05, 0.1) is 5.56 Å². The molecule has 24 heavy (non-hydrogen) atoms. The van der Waals surface area contributed by atoms with Gasteiger partial charge in [-0.25, -0.2) is 0 Å². The number of hydrogen-bond donors (Lipinski definition) is 1. The second-order valence-corrected chi connectivity index (χ2v) is 5.95. The van der Waals surface area contributed by atoms with Gasteiger partial charge in [0, 0.05) is 31.8 Å². The van der Waals surface area contributed by atoms with Crippen LogP contribution in [0.5, 0.6) is 0 Å². The van der Waals surface area contributed by atoms with E-state index in [2.05, 4.69) is 26.6 Å². The van der Waals surface area contributed by atoms with Crippen molar-refractivity contribution in [2.75, 3.05) is 6.54 Å². The smallest absolute Gasteiger partial charge is 0.249 e. The predicted molar refractivity (Wildman–Crippen MR) is 90.0 cm³/mol. The molecule has 2 heterocycles. The van der Waals surface area contributed by atoms with Gasteiger partial charge in [0.15, 0.2) is 0 Å². The fraction of sp³-hybridized carbons (Fsp3) is 0.444. The molecular formula is C18H22N4O2. The number of aryl methyl sites for hydroxylation is 1. The van der Waals surface area contributed by atoms with E-state index in [1.165, 1.54) is 31.3 Å². The van der Waals surface area contributed by atoms with Gasteiger partial charge >= 0.3 is 0 Å². The van der Waals surface area contributed by atoms with Crippen LogP contribution >= 0.6 is 0 Å². The Bertz CT molecular complexity index is 694. The van der Waals surface area contributed by atoms with Crippen molar-refractivity contribution in [1.29, 1.82) is 0 Å². The second kappa shape index (κ2) is 8.38. The Balaban J connectivity index is 1.40. The first-order valence-electron chi connectivity index (χ1n) is 8.48. The molecule has 1 N–H and O–H groups in total. The lowest BCUT2D eigenvalue weighted by molar-refractivity contribution is -0.121. The van der Waals surface area contributed by atoms with E-state index >= 15 is 0 Å². The van der Waals surface area contributed by atoms with Crippen molar-refractivity contribution in [2.45, 2.75) is 44.9 Å². The Morgan fingerprint density at radius 3 is 3.00 bits per heavy atom. The number of pyridine rings is 1. The van der Waals surface area contributed by atoms with Crippen LogP contribution < -0.4 is 5.32 Å². The molecule has 126 valence electrons. The Morgan fingerprint density at radius 1 is 1.25 bits per heavy atom. The van der Waals surface area contributed by atoms with Gasteiger partial charge in [-0.3, -0.25) is 9.78 Å². The van der Waals surface area contributed by atoms with E-state index in [-0.39, 0.29) is 5.91 Å². The average molecular weight is 326 g/mol. The van der Waals surface area contributed by atoms with E-state index in [9.17, 15) is 4.79 Å². The zero-order valence-corrected chi connectivity index (χ0v) is 13.7. The van der Waals surface area contributed by atoms with Gasteiger partial charge in [0.25, 0.3) is 0 Å². The molecule has 6 nitrogen and oxygen atoms in total. The van der Waals surface area contributed by atoms with Crippen molar-refractivity contribution in [3.63, 3.8) is 0 Å². The maximum atomic E-state index is 11.9. The van der Waals surface area contributed by atoms with Crippen molar-refractivity contribution >= 4 is 5.91 Å². The number of amides is 1. The summed E-state index contributed by atoms with van der Waals surface area (Å²) in [6.07, 6.45) is 12.4. The highest BCUT2D eigenvalue weighted by atomic mass is 16.4. The first-order chi connectivity index (χ1) is 11.8. The summed E-state index contributed by atoms with van der Waals surface area (Å²) in [7, 11) is 0. The quantitative estimate of drug-likeness (QED) is 0.791. The minimum absolute atomic E-state index is 0.0209. The first kappa shape index (κ1) is 16.4. The molecule has 1 amide bonds. The minimum atomic E-state index is 0.0209. The second-order valence-electron chi connectivity index (χ2n) is 5.95. The molecule has 0 aliphatic heterocycles. The van der Waals surface area contributed by atoms with E-state index in [4.69, 9.17) is 4.42 Å². The summed E-state index contributed by atoms with van der Waals surface area (Å²) < 4.78 is 5.57. The third-order valence-corrected chi connectivity index (χ3v) is 4.09. The molecule has 0 saturated carbocycles. The molecule has 2 aromatic heterocycles. The number of carbonyl (C=O) groups is 1. The van der Waals surface area contributed by atoms with Crippen molar-refractivity contribution < 1.29 is 9.21 Å². The molecule has 0 radical (unpaired) electrons. The summed E-state index contributed by atoms with van der Waals surface area (Å²) in [4.78, 5) is 15.9. The monoisotopic (exact) mass is 326 g/mol. The van der Waals surface area contributed by atoms with Crippen LogP contribution in [0.3, 0.4) is 0 Å². The van der Waals surface area contributed by atoms with E-state index in [0.29, 0.717) is 31.2 Å². The Kier molecular flexibility index (Phi) is 5.71. The number of nitrogens with one attached hydrogen (secondary N) is 1. The van der Waals surface area contributed by atoms with Crippen LogP contribution in [0.25, 0.3) is 11.5 Å². The van der Waals surface area contributed by atoms with E-state index < -0.39 is 0 Å². The molecule has 2 aromatic rings. The van der Waals surface area contributed by atoms with Gasteiger partial charge in [-0.15, -0.1) is 10.2 Å². The van der Waals surface area contributed by atoms with Crippen LogP contribution in [0.1, 0.15) is 44.4 Å². The Hall–Kier alpha value is -2.50. The number of allylic oxidation sites excluding steroid dienone is 1. The van der Waals surface area contributed by atoms with Gasteiger partial charge in [-0.1, -0.05) is 11.6 Å². The molecule has 0 fully saturated rings. The van der Waals surface area contributed by atoms with Crippen molar-refractivity contribution in [1.82, 2.24) is 20.5 Å². The van der Waals surface area contributed by atoms with Gasteiger partial charge in [0.1, 0.15) is 0 Å². The largest absolute Gasteiger partial charge is 0.421 e. The van der Waals surface area contributed by atoms with E-state index in [0.717, 1.165) is 12.0 Å². The van der Waals surface area contributed by atoms with Crippen LogP contribution in [-0.4, -0.2) is 27.6 Å². The molecular weight excluding hydrogens is 304 g/mol. The van der Waals surface area contributed by atoms with Crippen LogP contribution in [0.4, 0.5) is 0 Å². The van der Waals surface area contributed by atoms with Crippen LogP contribution in [0.15, 0.2) is 40.6 Å². The number of nitrogens with zero attached hydrogens (tertiary/aromatic N) is 3. The van der Waals surface area contributed by atoms with Crippen LogP contribution in [-0.2, 0) is 11.2 Å². The molecule has 0 saturated heterocycles. The van der Waals surface area contributed by atoms with Crippen molar-refractivity contribution in [2.24, 2.45) is 0 Å². The lowest BCUT2D eigenvalue weighted by Crippen LogP contribution is -2.25. The molecule has 1 aliphatic rings.